The summed E-state index contributed by atoms with van der Waals surface area (Å²) >= 11 is 4.97. The van der Waals surface area contributed by atoms with Crippen molar-refractivity contribution in [3.63, 3.8) is 0 Å². The van der Waals surface area contributed by atoms with Crippen molar-refractivity contribution in [1.82, 2.24) is 15.2 Å². The van der Waals surface area contributed by atoms with Crippen LogP contribution in [-0.2, 0) is 4.79 Å². The van der Waals surface area contributed by atoms with E-state index >= 15 is 0 Å². The molecule has 0 aliphatic carbocycles. The van der Waals surface area contributed by atoms with E-state index in [1.54, 1.807) is 31.3 Å². The SMILES string of the molecule is CCSc1nnc2c(n1)OC(c1ccc(OC)c(OC)c1)N(C(C)=O)c1ccc(Br)cc1-2. The number of benzene rings is 2. The van der Waals surface area contributed by atoms with E-state index in [-0.39, 0.29) is 5.91 Å². The number of thioether (sulfide) groups is 1. The molecule has 1 aromatic heterocycles. The molecule has 2 heterocycles. The van der Waals surface area contributed by atoms with Gasteiger partial charge in [0.05, 0.1) is 19.9 Å². The summed E-state index contributed by atoms with van der Waals surface area (Å²) in [6.45, 7) is 3.51. The zero-order valence-corrected chi connectivity index (χ0v) is 20.4. The van der Waals surface area contributed by atoms with Gasteiger partial charge in [-0.15, -0.1) is 10.2 Å². The van der Waals surface area contributed by atoms with Crippen molar-refractivity contribution in [2.75, 3.05) is 24.9 Å². The summed E-state index contributed by atoms with van der Waals surface area (Å²) in [7, 11) is 3.13. The third-order valence-electron chi connectivity index (χ3n) is 4.87. The first-order valence-corrected chi connectivity index (χ1v) is 11.6. The Balaban J connectivity index is 1.95. The van der Waals surface area contributed by atoms with Gasteiger partial charge < -0.3 is 14.2 Å². The fraction of sp³-hybridized carbons (Fsp3) is 0.273. The average molecular weight is 517 g/mol. The van der Waals surface area contributed by atoms with Crippen LogP contribution in [0.4, 0.5) is 5.69 Å². The molecule has 0 fully saturated rings. The Morgan fingerprint density at radius 2 is 1.94 bits per heavy atom. The lowest BCUT2D eigenvalue weighted by atomic mass is 10.1. The summed E-state index contributed by atoms with van der Waals surface area (Å²) < 4.78 is 18.0. The first-order chi connectivity index (χ1) is 15.5. The standard InChI is InChI=1S/C22H21BrN4O4S/c1-5-32-22-24-20-19(25-26-22)15-11-14(23)7-8-16(15)27(12(2)28)21(31-20)13-6-9-17(29-3)18(10-13)30-4/h6-11,21H,5H2,1-4H3. The highest BCUT2D eigenvalue weighted by Gasteiger charge is 2.35. The Hall–Kier alpha value is -2.85. The second-order valence-electron chi connectivity index (χ2n) is 6.82. The number of hydrogen-bond donors (Lipinski definition) is 0. The van der Waals surface area contributed by atoms with Crippen molar-refractivity contribution in [1.29, 1.82) is 0 Å². The molecule has 166 valence electrons. The van der Waals surface area contributed by atoms with Crippen molar-refractivity contribution in [3.8, 4) is 28.6 Å². The zero-order valence-electron chi connectivity index (χ0n) is 18.0. The maximum Gasteiger partial charge on any atom is 0.247 e. The Morgan fingerprint density at radius 3 is 2.62 bits per heavy atom. The molecule has 1 aliphatic rings. The van der Waals surface area contributed by atoms with Gasteiger partial charge in [-0.25, -0.2) is 0 Å². The molecule has 1 amide bonds. The quantitative estimate of drug-likeness (QED) is 0.443. The Bertz CT molecular complexity index is 1180. The van der Waals surface area contributed by atoms with Gasteiger partial charge in [0.15, 0.2) is 17.2 Å². The highest BCUT2D eigenvalue weighted by Crippen LogP contribution is 2.45. The highest BCUT2D eigenvalue weighted by atomic mass is 79.9. The Morgan fingerprint density at radius 1 is 1.16 bits per heavy atom. The number of ether oxygens (including phenoxy) is 3. The average Bonchev–Trinajstić information content (AvgIpc) is 2.92. The van der Waals surface area contributed by atoms with E-state index < -0.39 is 6.23 Å². The lowest BCUT2D eigenvalue weighted by Crippen LogP contribution is -2.36. The summed E-state index contributed by atoms with van der Waals surface area (Å²) in [6, 6.07) is 11.0. The van der Waals surface area contributed by atoms with Gasteiger partial charge in [0.25, 0.3) is 0 Å². The highest BCUT2D eigenvalue weighted by molar-refractivity contribution is 9.10. The molecule has 2 aromatic carbocycles. The fourth-order valence-corrected chi connectivity index (χ4v) is 4.36. The van der Waals surface area contributed by atoms with Crippen molar-refractivity contribution in [2.24, 2.45) is 0 Å². The molecule has 4 rings (SSSR count). The van der Waals surface area contributed by atoms with Crippen LogP contribution in [0.25, 0.3) is 11.3 Å². The van der Waals surface area contributed by atoms with Crippen LogP contribution >= 0.6 is 27.7 Å². The summed E-state index contributed by atoms with van der Waals surface area (Å²) in [5, 5.41) is 9.14. The molecule has 32 heavy (non-hydrogen) atoms. The van der Waals surface area contributed by atoms with Crippen molar-refractivity contribution in [3.05, 3.63) is 46.4 Å². The van der Waals surface area contributed by atoms with E-state index in [0.717, 1.165) is 10.2 Å². The van der Waals surface area contributed by atoms with Gasteiger partial charge in [0.2, 0.25) is 23.2 Å². The van der Waals surface area contributed by atoms with Gasteiger partial charge in [0, 0.05) is 22.5 Å². The van der Waals surface area contributed by atoms with E-state index in [1.165, 1.54) is 18.7 Å². The van der Waals surface area contributed by atoms with E-state index in [2.05, 4.69) is 31.1 Å². The number of methoxy groups -OCH3 is 2. The van der Waals surface area contributed by atoms with Gasteiger partial charge in [-0.3, -0.25) is 9.69 Å². The number of anilines is 1. The third-order valence-corrected chi connectivity index (χ3v) is 6.08. The molecular formula is C22H21BrN4O4S. The maximum absolute atomic E-state index is 12.9. The van der Waals surface area contributed by atoms with Crippen LogP contribution in [0.2, 0.25) is 0 Å². The normalized spacial score (nSPS) is 14.7. The molecule has 0 saturated carbocycles. The molecule has 1 atom stereocenters. The summed E-state index contributed by atoms with van der Waals surface area (Å²) in [5.41, 5.74) is 2.51. The molecule has 1 unspecified atom stereocenters. The molecule has 10 heteroatoms. The zero-order chi connectivity index (χ0) is 22.8. The molecule has 0 spiro atoms. The second-order valence-corrected chi connectivity index (χ2v) is 8.96. The van der Waals surface area contributed by atoms with E-state index in [0.29, 0.717) is 45.0 Å². The van der Waals surface area contributed by atoms with Gasteiger partial charge >= 0.3 is 0 Å². The Labute approximate surface area is 198 Å². The largest absolute Gasteiger partial charge is 0.493 e. The van der Waals surface area contributed by atoms with Gasteiger partial charge in [-0.05, 0) is 42.2 Å². The number of carbonyl (C=O) groups excluding carboxylic acids is 1. The van der Waals surface area contributed by atoms with Crippen LogP contribution in [0, 0.1) is 0 Å². The number of nitrogens with zero attached hydrogens (tertiary/aromatic N) is 4. The van der Waals surface area contributed by atoms with E-state index in [1.807, 2.05) is 31.2 Å². The molecule has 0 bridgehead atoms. The first kappa shape index (κ1) is 22.3. The minimum atomic E-state index is -0.801. The number of fused-ring (bicyclic) bond motifs is 3. The van der Waals surface area contributed by atoms with Crippen molar-refractivity contribution in [2.45, 2.75) is 25.2 Å². The number of amides is 1. The maximum atomic E-state index is 12.9. The first-order valence-electron chi connectivity index (χ1n) is 9.82. The minimum absolute atomic E-state index is 0.197. The van der Waals surface area contributed by atoms with Crippen LogP contribution in [0.5, 0.6) is 17.4 Å². The lowest BCUT2D eigenvalue weighted by molar-refractivity contribution is -0.118. The van der Waals surface area contributed by atoms with Crippen LogP contribution in [0.3, 0.4) is 0 Å². The van der Waals surface area contributed by atoms with Crippen LogP contribution in [-0.4, -0.2) is 41.1 Å². The van der Waals surface area contributed by atoms with Crippen molar-refractivity contribution >= 4 is 39.3 Å². The molecule has 0 saturated heterocycles. The molecule has 3 aromatic rings. The topological polar surface area (TPSA) is 86.7 Å². The number of hydrogen-bond acceptors (Lipinski definition) is 8. The van der Waals surface area contributed by atoms with Gasteiger partial charge in [-0.1, -0.05) is 34.6 Å². The number of halogens is 1. The van der Waals surface area contributed by atoms with E-state index in [4.69, 9.17) is 14.2 Å². The predicted molar refractivity (Wildman–Crippen MR) is 125 cm³/mol. The molecule has 0 radical (unpaired) electrons. The molecule has 8 nitrogen and oxygen atoms in total. The summed E-state index contributed by atoms with van der Waals surface area (Å²) in [5.74, 6) is 2.01. The number of carbonyl (C=O) groups is 1. The van der Waals surface area contributed by atoms with Crippen LogP contribution in [0.15, 0.2) is 46.0 Å². The molecule has 0 N–H and O–H groups in total. The second kappa shape index (κ2) is 9.33. The predicted octanol–water partition coefficient (Wildman–Crippen LogP) is 4.87. The van der Waals surface area contributed by atoms with Gasteiger partial charge in [-0.2, -0.15) is 4.98 Å². The molecule has 1 aliphatic heterocycles. The summed E-state index contributed by atoms with van der Waals surface area (Å²) in [6.07, 6.45) is -0.801. The minimum Gasteiger partial charge on any atom is -0.493 e. The molecular weight excluding hydrogens is 496 g/mol. The smallest absolute Gasteiger partial charge is 0.247 e. The van der Waals surface area contributed by atoms with Crippen LogP contribution in [0.1, 0.15) is 25.6 Å². The van der Waals surface area contributed by atoms with E-state index in [9.17, 15) is 4.79 Å². The van der Waals surface area contributed by atoms with Crippen LogP contribution < -0.4 is 19.1 Å². The summed E-state index contributed by atoms with van der Waals surface area (Å²) in [4.78, 5) is 19.1. The van der Waals surface area contributed by atoms with Gasteiger partial charge in [0.1, 0.15) is 0 Å². The Kier molecular flexibility index (Phi) is 6.52. The third kappa shape index (κ3) is 4.12. The monoisotopic (exact) mass is 516 g/mol. The van der Waals surface area contributed by atoms with Crippen molar-refractivity contribution < 1.29 is 19.0 Å². The number of rotatable bonds is 5. The fourth-order valence-electron chi connectivity index (χ4n) is 3.49. The number of aromatic nitrogens is 3. The lowest BCUT2D eigenvalue weighted by Gasteiger charge is -2.30.